The minimum Gasteiger partial charge on any atom is -0.478 e. The van der Waals surface area contributed by atoms with Crippen molar-refractivity contribution in [3.63, 3.8) is 0 Å². The number of carbonyl (C=O) groups is 1. The van der Waals surface area contributed by atoms with Crippen LogP contribution in [0.1, 0.15) is 10.4 Å². The van der Waals surface area contributed by atoms with E-state index >= 15 is 0 Å². The van der Waals surface area contributed by atoms with Gasteiger partial charge in [-0.05, 0) is 18.2 Å². The summed E-state index contributed by atoms with van der Waals surface area (Å²) in [6, 6.07) is 5.00. The number of aromatic nitrogens is 1. The van der Waals surface area contributed by atoms with E-state index < -0.39 is 5.97 Å². The van der Waals surface area contributed by atoms with Crippen LogP contribution in [0.2, 0.25) is 5.02 Å². The molecule has 0 aliphatic rings. The van der Waals surface area contributed by atoms with Gasteiger partial charge in [0.05, 0.1) is 5.56 Å². The average molecular weight is 196 g/mol. The van der Waals surface area contributed by atoms with E-state index in [-0.39, 0.29) is 5.56 Å². The van der Waals surface area contributed by atoms with E-state index in [1.807, 2.05) is 0 Å². The highest BCUT2D eigenvalue weighted by molar-refractivity contribution is 6.30. The normalized spacial score (nSPS) is 10.5. The molecule has 3 nitrogen and oxygen atoms in total. The molecule has 0 radical (unpaired) electrons. The summed E-state index contributed by atoms with van der Waals surface area (Å²) < 4.78 is 1.72. The van der Waals surface area contributed by atoms with Gasteiger partial charge in [0.25, 0.3) is 0 Å². The van der Waals surface area contributed by atoms with E-state index in [2.05, 4.69) is 0 Å². The zero-order valence-electron chi connectivity index (χ0n) is 6.57. The molecule has 0 unspecified atom stereocenters. The maximum absolute atomic E-state index is 10.6. The summed E-state index contributed by atoms with van der Waals surface area (Å²) in [5.41, 5.74) is 1.05. The van der Waals surface area contributed by atoms with Crippen LogP contribution in [0, 0.1) is 0 Å². The Labute approximate surface area is 79.2 Å². The number of pyridine rings is 1. The lowest BCUT2D eigenvalue weighted by Gasteiger charge is -1.92. The fraction of sp³-hybridized carbons (Fsp3) is 0. The number of hydrogen-bond donors (Lipinski definition) is 1. The Hall–Kier alpha value is -1.48. The van der Waals surface area contributed by atoms with Gasteiger partial charge in [0.15, 0.2) is 0 Å². The number of hydrogen-bond acceptors (Lipinski definition) is 1. The molecule has 0 saturated carbocycles. The van der Waals surface area contributed by atoms with Crippen LogP contribution in [-0.4, -0.2) is 15.5 Å². The second kappa shape index (κ2) is 2.78. The Morgan fingerprint density at radius 2 is 2.23 bits per heavy atom. The highest BCUT2D eigenvalue weighted by Crippen LogP contribution is 2.15. The molecule has 13 heavy (non-hydrogen) atoms. The Bertz CT molecular complexity index is 475. The maximum Gasteiger partial charge on any atom is 0.337 e. The van der Waals surface area contributed by atoms with Crippen LogP contribution in [0.4, 0.5) is 0 Å². The molecule has 0 atom stereocenters. The van der Waals surface area contributed by atoms with Crippen LogP contribution < -0.4 is 0 Å². The summed E-state index contributed by atoms with van der Waals surface area (Å²) in [5, 5.41) is 9.31. The van der Waals surface area contributed by atoms with E-state index in [0.717, 1.165) is 5.52 Å². The number of rotatable bonds is 1. The molecular weight excluding hydrogens is 190 g/mol. The number of fused-ring (bicyclic) bond motifs is 1. The van der Waals surface area contributed by atoms with E-state index in [1.165, 1.54) is 0 Å². The van der Waals surface area contributed by atoms with Crippen LogP contribution in [0.5, 0.6) is 0 Å². The molecule has 0 spiro atoms. The molecule has 2 heterocycles. The fourth-order valence-corrected chi connectivity index (χ4v) is 1.37. The van der Waals surface area contributed by atoms with Gasteiger partial charge in [0.2, 0.25) is 0 Å². The summed E-state index contributed by atoms with van der Waals surface area (Å²) in [7, 11) is 0. The lowest BCUT2D eigenvalue weighted by atomic mass is 10.3. The van der Waals surface area contributed by atoms with Crippen LogP contribution >= 0.6 is 11.6 Å². The van der Waals surface area contributed by atoms with Gasteiger partial charge < -0.3 is 9.51 Å². The van der Waals surface area contributed by atoms with Crippen molar-refractivity contribution >= 4 is 23.1 Å². The summed E-state index contributed by atoms with van der Waals surface area (Å²) in [4.78, 5) is 10.6. The molecule has 0 saturated heterocycles. The standard InChI is InChI=1S/C9H6ClNO2/c10-7-1-2-11-5-6(9(12)13)3-8(11)4-7/h1-5H,(H,12,13). The number of carboxylic acid groups (broad SMARTS) is 1. The highest BCUT2D eigenvalue weighted by atomic mass is 35.5. The molecule has 2 aromatic heterocycles. The summed E-state index contributed by atoms with van der Waals surface area (Å²) in [6.07, 6.45) is 3.28. The lowest BCUT2D eigenvalue weighted by molar-refractivity contribution is 0.0697. The van der Waals surface area contributed by atoms with E-state index in [4.69, 9.17) is 16.7 Å². The van der Waals surface area contributed by atoms with Crippen LogP contribution in [0.3, 0.4) is 0 Å². The van der Waals surface area contributed by atoms with Crippen LogP contribution in [0.15, 0.2) is 30.6 Å². The van der Waals surface area contributed by atoms with Crippen LogP contribution in [-0.2, 0) is 0 Å². The van der Waals surface area contributed by atoms with Gasteiger partial charge in [-0.2, -0.15) is 0 Å². The van der Waals surface area contributed by atoms with Crippen molar-refractivity contribution in [2.24, 2.45) is 0 Å². The third-order valence-electron chi connectivity index (χ3n) is 1.81. The molecule has 0 fully saturated rings. The first-order valence-electron chi connectivity index (χ1n) is 3.67. The Morgan fingerprint density at radius 1 is 1.46 bits per heavy atom. The molecule has 0 amide bonds. The highest BCUT2D eigenvalue weighted by Gasteiger charge is 2.05. The Kier molecular flexibility index (Phi) is 1.74. The lowest BCUT2D eigenvalue weighted by Crippen LogP contribution is -1.91. The van der Waals surface area contributed by atoms with E-state index in [1.54, 1.807) is 35.0 Å². The zero-order chi connectivity index (χ0) is 9.42. The third kappa shape index (κ3) is 1.38. The van der Waals surface area contributed by atoms with E-state index in [0.29, 0.717) is 5.02 Å². The third-order valence-corrected chi connectivity index (χ3v) is 2.04. The molecule has 2 rings (SSSR count). The number of halogens is 1. The predicted molar refractivity (Wildman–Crippen MR) is 49.4 cm³/mol. The van der Waals surface area contributed by atoms with Gasteiger partial charge in [0.1, 0.15) is 0 Å². The monoisotopic (exact) mass is 195 g/mol. The second-order valence-corrected chi connectivity index (χ2v) is 3.15. The summed E-state index contributed by atoms with van der Waals surface area (Å²) in [5.74, 6) is -0.931. The smallest absolute Gasteiger partial charge is 0.337 e. The molecule has 2 aromatic rings. The minimum atomic E-state index is -0.931. The Morgan fingerprint density at radius 3 is 2.92 bits per heavy atom. The topological polar surface area (TPSA) is 41.7 Å². The quantitative estimate of drug-likeness (QED) is 0.759. The SMILES string of the molecule is O=C(O)c1cc2cc(Cl)ccn2c1. The van der Waals surface area contributed by atoms with Gasteiger partial charge in [0, 0.05) is 22.9 Å². The summed E-state index contributed by atoms with van der Waals surface area (Å²) >= 11 is 5.75. The Balaban J connectivity index is 2.68. The molecule has 0 aromatic carbocycles. The van der Waals surface area contributed by atoms with Gasteiger partial charge in [-0.1, -0.05) is 11.6 Å². The number of aromatic carboxylic acids is 1. The number of carboxylic acids is 1. The first-order chi connectivity index (χ1) is 6.16. The molecule has 1 N–H and O–H groups in total. The minimum absolute atomic E-state index is 0.266. The molecule has 0 bridgehead atoms. The predicted octanol–water partition coefficient (Wildman–Crippen LogP) is 2.29. The first-order valence-corrected chi connectivity index (χ1v) is 4.05. The van der Waals surface area contributed by atoms with Crippen molar-refractivity contribution in [3.8, 4) is 0 Å². The average Bonchev–Trinajstić information content (AvgIpc) is 2.46. The van der Waals surface area contributed by atoms with Gasteiger partial charge in [-0.3, -0.25) is 0 Å². The van der Waals surface area contributed by atoms with E-state index in [9.17, 15) is 4.79 Å². The largest absolute Gasteiger partial charge is 0.478 e. The van der Waals surface area contributed by atoms with Crippen molar-refractivity contribution in [2.45, 2.75) is 0 Å². The van der Waals surface area contributed by atoms with Crippen LogP contribution in [0.25, 0.3) is 5.52 Å². The molecule has 0 aliphatic heterocycles. The summed E-state index contributed by atoms with van der Waals surface area (Å²) in [6.45, 7) is 0. The van der Waals surface area contributed by atoms with Crippen molar-refractivity contribution in [2.75, 3.05) is 0 Å². The fourth-order valence-electron chi connectivity index (χ4n) is 1.20. The molecule has 66 valence electrons. The van der Waals surface area contributed by atoms with Gasteiger partial charge in [-0.25, -0.2) is 4.79 Å². The maximum atomic E-state index is 10.6. The zero-order valence-corrected chi connectivity index (χ0v) is 7.32. The second-order valence-electron chi connectivity index (χ2n) is 2.71. The van der Waals surface area contributed by atoms with Crippen molar-refractivity contribution in [1.29, 1.82) is 0 Å². The first kappa shape index (κ1) is 8.13. The van der Waals surface area contributed by atoms with Crippen molar-refractivity contribution in [1.82, 2.24) is 4.40 Å². The van der Waals surface area contributed by atoms with Crippen molar-refractivity contribution in [3.05, 3.63) is 41.2 Å². The van der Waals surface area contributed by atoms with Crippen molar-refractivity contribution < 1.29 is 9.90 Å². The number of nitrogens with zero attached hydrogens (tertiary/aromatic N) is 1. The molecular formula is C9H6ClNO2. The van der Waals surface area contributed by atoms with Gasteiger partial charge in [-0.15, -0.1) is 0 Å². The molecule has 4 heteroatoms. The van der Waals surface area contributed by atoms with Gasteiger partial charge >= 0.3 is 5.97 Å². The molecule has 0 aliphatic carbocycles.